The van der Waals surface area contributed by atoms with E-state index in [0.29, 0.717) is 37.5 Å². The molecule has 12 heteroatoms. The molecule has 0 aromatic heterocycles. The molecule has 316 valence electrons. The van der Waals surface area contributed by atoms with Crippen LogP contribution in [0.5, 0.6) is 0 Å². The fraction of sp³-hybridized carbons (Fsp3) is 0.327. The molecule has 1 unspecified atom stereocenters. The van der Waals surface area contributed by atoms with Gasteiger partial charge in [0.15, 0.2) is 6.29 Å². The van der Waals surface area contributed by atoms with Crippen LogP contribution in [0.25, 0.3) is 11.1 Å². The SMILES string of the molecule is C[C@@H]1[C@H](CN2CCC(O)(c3ccc(Cl)cc3)CC2)O[C@H](c2cccc(-c3cccc(CN4C(=O)CC(NC(=O)OCc5ccccc5)C4=O)c3)c2)O[C@@H]1c1ccc(CO)cc1. The number of ether oxygens (including phenoxy) is 3. The first-order valence-corrected chi connectivity index (χ1v) is 21.1. The van der Waals surface area contributed by atoms with Crippen molar-refractivity contribution in [2.24, 2.45) is 5.92 Å². The highest BCUT2D eigenvalue weighted by molar-refractivity contribution is 6.30. The van der Waals surface area contributed by atoms with Crippen LogP contribution in [0.15, 0.2) is 127 Å². The van der Waals surface area contributed by atoms with E-state index in [-0.39, 0.29) is 50.2 Å². The Morgan fingerprint density at radius 2 is 1.51 bits per heavy atom. The van der Waals surface area contributed by atoms with E-state index < -0.39 is 29.9 Å². The molecule has 0 bridgehead atoms. The molecule has 3 heterocycles. The van der Waals surface area contributed by atoms with Crippen molar-refractivity contribution in [3.8, 4) is 11.1 Å². The minimum Gasteiger partial charge on any atom is -0.445 e. The number of halogens is 1. The van der Waals surface area contributed by atoms with Gasteiger partial charge in [0.1, 0.15) is 12.6 Å². The first kappa shape index (κ1) is 42.3. The smallest absolute Gasteiger partial charge is 0.408 e. The van der Waals surface area contributed by atoms with Gasteiger partial charge in [-0.25, -0.2) is 4.79 Å². The summed E-state index contributed by atoms with van der Waals surface area (Å²) >= 11 is 6.13. The first-order chi connectivity index (χ1) is 29.5. The fourth-order valence-corrected chi connectivity index (χ4v) is 8.63. The van der Waals surface area contributed by atoms with Crippen molar-refractivity contribution in [2.75, 3.05) is 19.6 Å². The number of hydrogen-bond acceptors (Lipinski definition) is 9. The second-order valence-electron chi connectivity index (χ2n) is 16.3. The predicted molar refractivity (Wildman–Crippen MR) is 230 cm³/mol. The number of imide groups is 1. The molecule has 3 N–H and O–H groups in total. The Labute approximate surface area is 360 Å². The van der Waals surface area contributed by atoms with Crippen LogP contribution in [0.4, 0.5) is 4.79 Å². The molecular formula is C49H50ClN3O8. The van der Waals surface area contributed by atoms with Crippen molar-refractivity contribution in [3.63, 3.8) is 0 Å². The van der Waals surface area contributed by atoms with E-state index in [1.54, 1.807) is 0 Å². The fourth-order valence-electron chi connectivity index (χ4n) is 8.50. The van der Waals surface area contributed by atoms with Crippen molar-refractivity contribution < 1.29 is 38.8 Å². The van der Waals surface area contributed by atoms with Crippen LogP contribution in [0.3, 0.4) is 0 Å². The van der Waals surface area contributed by atoms with E-state index in [1.807, 2.05) is 127 Å². The van der Waals surface area contributed by atoms with Gasteiger partial charge in [-0.15, -0.1) is 0 Å². The van der Waals surface area contributed by atoms with E-state index in [0.717, 1.165) is 44.5 Å². The molecule has 3 aliphatic heterocycles. The number of nitrogens with one attached hydrogen (secondary N) is 1. The molecule has 8 rings (SSSR count). The molecule has 3 amide bonds. The summed E-state index contributed by atoms with van der Waals surface area (Å²) in [6.45, 7) is 4.26. The van der Waals surface area contributed by atoms with Crippen LogP contribution in [0.2, 0.25) is 5.02 Å². The molecule has 5 atom stereocenters. The highest BCUT2D eigenvalue weighted by Crippen LogP contribution is 2.43. The number of likely N-dealkylation sites (tertiary alicyclic amines) is 2. The largest absolute Gasteiger partial charge is 0.445 e. The average Bonchev–Trinajstić information content (AvgIpc) is 3.54. The number of nitrogens with zero attached hydrogens (tertiary/aromatic N) is 2. The Morgan fingerprint density at radius 3 is 2.23 bits per heavy atom. The Bertz CT molecular complexity index is 2320. The van der Waals surface area contributed by atoms with E-state index in [9.17, 15) is 24.6 Å². The maximum absolute atomic E-state index is 13.3. The van der Waals surface area contributed by atoms with Crippen LogP contribution in [-0.4, -0.2) is 69.7 Å². The molecule has 5 aromatic rings. The third kappa shape index (κ3) is 9.89. The van der Waals surface area contributed by atoms with Crippen molar-refractivity contribution >= 4 is 29.5 Å². The summed E-state index contributed by atoms with van der Waals surface area (Å²) in [4.78, 5) is 42.4. The molecule has 3 fully saturated rings. The number of amides is 3. The van der Waals surface area contributed by atoms with Gasteiger partial charge in [-0.2, -0.15) is 0 Å². The highest BCUT2D eigenvalue weighted by Gasteiger charge is 2.42. The summed E-state index contributed by atoms with van der Waals surface area (Å²) in [5.41, 5.74) is 5.97. The molecule has 5 aromatic carbocycles. The van der Waals surface area contributed by atoms with Gasteiger partial charge >= 0.3 is 6.09 Å². The maximum Gasteiger partial charge on any atom is 0.408 e. The Kier molecular flexibility index (Phi) is 13.0. The van der Waals surface area contributed by atoms with Gasteiger partial charge in [-0.1, -0.05) is 122 Å². The van der Waals surface area contributed by atoms with Crippen LogP contribution in [0.1, 0.15) is 72.0 Å². The number of carbonyl (C=O) groups is 3. The van der Waals surface area contributed by atoms with Crippen LogP contribution in [0, 0.1) is 5.92 Å². The lowest BCUT2D eigenvalue weighted by molar-refractivity contribution is -0.277. The lowest BCUT2D eigenvalue weighted by Crippen LogP contribution is -2.49. The molecule has 3 aliphatic rings. The number of carbonyl (C=O) groups excluding carboxylic acids is 3. The maximum atomic E-state index is 13.3. The number of rotatable bonds is 12. The molecule has 0 saturated carbocycles. The topological polar surface area (TPSA) is 138 Å². The molecular weight excluding hydrogens is 794 g/mol. The summed E-state index contributed by atoms with van der Waals surface area (Å²) in [6.07, 6.45) is -0.905. The van der Waals surface area contributed by atoms with Gasteiger partial charge in [-0.05, 0) is 76.1 Å². The summed E-state index contributed by atoms with van der Waals surface area (Å²) in [6, 6.07) is 39.2. The molecule has 11 nitrogen and oxygen atoms in total. The zero-order valence-electron chi connectivity index (χ0n) is 34.0. The summed E-state index contributed by atoms with van der Waals surface area (Å²) in [5.74, 6) is -0.866. The number of aliphatic hydroxyl groups is 2. The molecule has 0 radical (unpaired) electrons. The summed E-state index contributed by atoms with van der Waals surface area (Å²) < 4.78 is 18.9. The van der Waals surface area contributed by atoms with Gasteiger partial charge < -0.3 is 34.6 Å². The van der Waals surface area contributed by atoms with Gasteiger partial charge in [-0.3, -0.25) is 14.5 Å². The molecule has 61 heavy (non-hydrogen) atoms. The first-order valence-electron chi connectivity index (χ1n) is 20.8. The second kappa shape index (κ2) is 18.7. The second-order valence-corrected chi connectivity index (χ2v) is 16.7. The van der Waals surface area contributed by atoms with Crippen molar-refractivity contribution in [1.29, 1.82) is 0 Å². The number of hydrogen-bond donors (Lipinski definition) is 3. The third-order valence-electron chi connectivity index (χ3n) is 12.1. The van der Waals surface area contributed by atoms with E-state index in [2.05, 4.69) is 17.1 Å². The molecule has 0 aliphatic carbocycles. The standard InChI is InChI=1S/C49H50ClN3O8/c1-32-43(29-52-23-21-49(58,22-24-52)40-17-19-41(50)20-18-40)60-47(61-45(32)36-15-13-33(30-54)14-16-36)39-12-6-11-38(26-39)37-10-5-9-35(25-37)28-53-44(55)27-42(46(53)56)51-48(57)59-31-34-7-3-2-4-8-34/h2-20,25-26,32,42-43,45,47,54,58H,21-24,27-31H2,1H3,(H,51,57)/t32-,42?,43+,45+,47+/m1/s1. The zero-order valence-corrected chi connectivity index (χ0v) is 34.7. The number of alkyl carbamates (subject to hydrolysis) is 1. The number of benzene rings is 5. The zero-order chi connectivity index (χ0) is 42.5. The molecule has 3 saturated heterocycles. The molecule has 0 spiro atoms. The normalized spacial score (nSPS) is 22.9. The minimum absolute atomic E-state index is 0.0149. The van der Waals surface area contributed by atoms with Crippen LogP contribution >= 0.6 is 11.6 Å². The van der Waals surface area contributed by atoms with Crippen molar-refractivity contribution in [3.05, 3.63) is 166 Å². The van der Waals surface area contributed by atoms with Crippen LogP contribution < -0.4 is 5.32 Å². The lowest BCUT2D eigenvalue weighted by atomic mass is 9.84. The number of piperidine rings is 1. The van der Waals surface area contributed by atoms with Gasteiger partial charge in [0.05, 0.1) is 37.4 Å². The predicted octanol–water partition coefficient (Wildman–Crippen LogP) is 7.83. The Balaban J connectivity index is 0.956. The van der Waals surface area contributed by atoms with Gasteiger partial charge in [0, 0.05) is 36.1 Å². The van der Waals surface area contributed by atoms with Crippen LogP contribution in [-0.2, 0) is 49.2 Å². The van der Waals surface area contributed by atoms with Crippen molar-refractivity contribution in [2.45, 2.75) is 76.1 Å². The lowest BCUT2D eigenvalue weighted by Gasteiger charge is -2.45. The Morgan fingerprint density at radius 1 is 0.820 bits per heavy atom. The van der Waals surface area contributed by atoms with E-state index in [1.165, 1.54) is 4.90 Å². The summed E-state index contributed by atoms with van der Waals surface area (Å²) in [5, 5.41) is 24.5. The highest BCUT2D eigenvalue weighted by atomic mass is 35.5. The van der Waals surface area contributed by atoms with Gasteiger partial charge in [0.25, 0.3) is 5.91 Å². The van der Waals surface area contributed by atoms with E-state index in [4.69, 9.17) is 25.8 Å². The Hall–Kier alpha value is -5.40. The average molecular weight is 844 g/mol. The quantitative estimate of drug-likeness (QED) is 0.107. The van der Waals surface area contributed by atoms with E-state index >= 15 is 0 Å². The summed E-state index contributed by atoms with van der Waals surface area (Å²) in [7, 11) is 0. The van der Waals surface area contributed by atoms with Gasteiger partial charge in [0.2, 0.25) is 5.91 Å². The monoisotopic (exact) mass is 843 g/mol. The minimum atomic E-state index is -0.998. The third-order valence-corrected chi connectivity index (χ3v) is 12.4. The van der Waals surface area contributed by atoms with Crippen molar-refractivity contribution in [1.82, 2.24) is 15.1 Å². The number of aliphatic hydroxyl groups excluding tert-OH is 1.